The Balaban J connectivity index is 1.28. The number of benzene rings is 2. The third-order valence-electron chi connectivity index (χ3n) is 8.62. The van der Waals surface area contributed by atoms with Gasteiger partial charge >= 0.3 is 0 Å². The summed E-state index contributed by atoms with van der Waals surface area (Å²) in [6, 6.07) is 12.9. The van der Waals surface area contributed by atoms with Crippen molar-refractivity contribution >= 4 is 5.91 Å². The molecule has 2 aromatic rings. The molecule has 5 unspecified atom stereocenters. The molecule has 1 aliphatic rings. The Morgan fingerprint density at radius 3 is 2.04 bits per heavy atom. The number of unbranched alkanes of at least 4 members (excludes halogenated alkanes) is 7. The van der Waals surface area contributed by atoms with Gasteiger partial charge in [0.15, 0.2) is 6.29 Å². The molecule has 1 fully saturated rings. The fourth-order valence-electron chi connectivity index (χ4n) is 5.68. The van der Waals surface area contributed by atoms with Gasteiger partial charge in [0, 0.05) is 6.42 Å². The zero-order valence-corrected chi connectivity index (χ0v) is 27.8. The molecule has 1 aliphatic heterocycles. The number of carbonyl (C=O) groups is 1. The topological polar surface area (TPSA) is 178 Å². The number of halogens is 1. The summed E-state index contributed by atoms with van der Waals surface area (Å²) in [4.78, 5) is 12.7. The van der Waals surface area contributed by atoms with Gasteiger partial charge in [0.25, 0.3) is 0 Å². The Morgan fingerprint density at radius 1 is 0.854 bits per heavy atom. The second-order valence-electron chi connectivity index (χ2n) is 12.6. The summed E-state index contributed by atoms with van der Waals surface area (Å²) in [5, 5.41) is 63.4. The van der Waals surface area contributed by atoms with Crippen LogP contribution in [0.3, 0.4) is 0 Å². The summed E-state index contributed by atoms with van der Waals surface area (Å²) in [6.45, 7) is 0.897. The first-order valence-corrected chi connectivity index (χ1v) is 17.2. The van der Waals surface area contributed by atoms with Gasteiger partial charge in [-0.05, 0) is 67.6 Å². The smallest absolute Gasteiger partial charge is 0.220 e. The number of hydrogen-bond donors (Lipinski definition) is 7. The van der Waals surface area contributed by atoms with Gasteiger partial charge in [0.05, 0.1) is 25.4 Å². The highest BCUT2D eigenvalue weighted by Gasteiger charge is 2.44. The Hall–Kier alpha value is -2.68. The predicted octanol–water partition coefficient (Wildman–Crippen LogP) is 3.49. The third-order valence-corrected chi connectivity index (χ3v) is 8.62. The highest BCUT2D eigenvalue weighted by atomic mass is 19.1. The monoisotopic (exact) mass is 679 g/mol. The van der Waals surface area contributed by atoms with E-state index in [1.807, 2.05) is 19.1 Å². The molecule has 7 N–H and O–H groups in total. The number of ether oxygens (including phenoxy) is 3. The van der Waals surface area contributed by atoms with Crippen LogP contribution in [0, 0.1) is 5.82 Å². The van der Waals surface area contributed by atoms with Gasteiger partial charge in [-0.2, -0.15) is 0 Å². The highest BCUT2D eigenvalue weighted by Crippen LogP contribution is 2.24. The molecule has 0 aliphatic carbocycles. The van der Waals surface area contributed by atoms with E-state index in [9.17, 15) is 39.8 Å². The van der Waals surface area contributed by atoms with Gasteiger partial charge in [0.2, 0.25) is 5.91 Å². The molecule has 3 rings (SSSR count). The first-order valence-electron chi connectivity index (χ1n) is 17.2. The Bertz CT molecular complexity index is 1170. The molecule has 1 amide bonds. The first-order chi connectivity index (χ1) is 23.1. The zero-order chi connectivity index (χ0) is 34.9. The van der Waals surface area contributed by atoms with Crippen LogP contribution in [-0.2, 0) is 20.7 Å². The van der Waals surface area contributed by atoms with Crippen LogP contribution >= 0.6 is 0 Å². The minimum absolute atomic E-state index is 0.237. The van der Waals surface area contributed by atoms with Crippen LogP contribution in [-0.4, -0.2) is 98.7 Å². The molecule has 8 atom stereocenters. The standard InChI is InChI=1S/C36H54FNO10/c1-2-11-29(40)32(42)28(23-46-36-35(45)34(44)33(43)30(22-39)48-36)38-31(41)13-10-8-6-4-3-5-7-9-12-24-14-18-26(19-15-24)47-27-20-16-25(37)17-21-27/h14-21,28-30,32-36,39-40,42-45H,2-13,22-23H2,1H3,(H,38,41)/t28-,29+,30?,32-,33?,34?,35?,36?/m0/s1. The average molecular weight is 680 g/mol. The third kappa shape index (κ3) is 13.3. The number of amides is 1. The van der Waals surface area contributed by atoms with Crippen molar-refractivity contribution in [3.8, 4) is 11.5 Å². The molecule has 11 nitrogen and oxygen atoms in total. The lowest BCUT2D eigenvalue weighted by molar-refractivity contribution is -0.303. The molecule has 1 saturated heterocycles. The summed E-state index contributed by atoms with van der Waals surface area (Å²) in [5.74, 6) is 0.703. The van der Waals surface area contributed by atoms with E-state index in [4.69, 9.17) is 14.2 Å². The van der Waals surface area contributed by atoms with Crippen molar-refractivity contribution in [3.05, 3.63) is 59.9 Å². The SMILES string of the molecule is CCC[C@@H](O)[C@@H](O)[C@H](COC1OC(CO)C(O)C(O)C1O)NC(=O)CCCCCCCCCCc1ccc(Oc2ccc(F)cc2)cc1. The van der Waals surface area contributed by atoms with Gasteiger partial charge in [-0.25, -0.2) is 4.39 Å². The molecule has 2 aromatic carbocycles. The Morgan fingerprint density at radius 2 is 1.44 bits per heavy atom. The van der Waals surface area contributed by atoms with Crippen LogP contribution in [0.5, 0.6) is 11.5 Å². The number of aryl methyl sites for hydroxylation is 1. The van der Waals surface area contributed by atoms with Crippen molar-refractivity contribution in [1.29, 1.82) is 0 Å². The summed E-state index contributed by atoms with van der Waals surface area (Å²) in [5.41, 5.74) is 1.25. The van der Waals surface area contributed by atoms with Crippen LogP contribution in [0.25, 0.3) is 0 Å². The van der Waals surface area contributed by atoms with Crippen molar-refractivity contribution in [3.63, 3.8) is 0 Å². The number of aliphatic hydroxyl groups is 6. The van der Waals surface area contributed by atoms with Gasteiger partial charge in [-0.3, -0.25) is 4.79 Å². The molecule has 0 saturated carbocycles. The first kappa shape index (κ1) is 39.8. The molecule has 0 spiro atoms. The quantitative estimate of drug-likeness (QED) is 0.0912. The summed E-state index contributed by atoms with van der Waals surface area (Å²) >= 11 is 0. The maximum atomic E-state index is 13.1. The van der Waals surface area contributed by atoms with E-state index in [2.05, 4.69) is 17.4 Å². The van der Waals surface area contributed by atoms with Gasteiger partial charge < -0.3 is 50.2 Å². The van der Waals surface area contributed by atoms with Crippen LogP contribution in [0.2, 0.25) is 0 Å². The van der Waals surface area contributed by atoms with Gasteiger partial charge in [-0.15, -0.1) is 0 Å². The Labute approximate surface area is 282 Å². The highest BCUT2D eigenvalue weighted by molar-refractivity contribution is 5.76. The van der Waals surface area contributed by atoms with Crippen molar-refractivity contribution < 1.29 is 54.0 Å². The lowest BCUT2D eigenvalue weighted by Crippen LogP contribution is -2.60. The van der Waals surface area contributed by atoms with Crippen molar-refractivity contribution in [2.75, 3.05) is 13.2 Å². The van der Waals surface area contributed by atoms with Crippen molar-refractivity contribution in [1.82, 2.24) is 5.32 Å². The number of hydrogen-bond acceptors (Lipinski definition) is 10. The zero-order valence-electron chi connectivity index (χ0n) is 27.8. The van der Waals surface area contributed by atoms with E-state index in [1.54, 1.807) is 12.1 Å². The second kappa shape index (κ2) is 21.4. The second-order valence-corrected chi connectivity index (χ2v) is 12.6. The van der Waals surface area contributed by atoms with E-state index in [-0.39, 0.29) is 24.8 Å². The normalized spacial score (nSPS) is 23.0. The van der Waals surface area contributed by atoms with E-state index >= 15 is 0 Å². The van der Waals surface area contributed by atoms with Crippen LogP contribution in [0.1, 0.15) is 83.1 Å². The Kier molecular flexibility index (Phi) is 17.7. The van der Waals surface area contributed by atoms with Crippen molar-refractivity contribution in [2.24, 2.45) is 0 Å². The summed E-state index contributed by atoms with van der Waals surface area (Å²) < 4.78 is 29.7. The molecule has 12 heteroatoms. The van der Waals surface area contributed by atoms with Crippen LogP contribution in [0.4, 0.5) is 4.39 Å². The maximum absolute atomic E-state index is 13.1. The molecule has 0 aromatic heterocycles. The minimum Gasteiger partial charge on any atom is -0.457 e. The van der Waals surface area contributed by atoms with E-state index in [1.165, 1.54) is 17.7 Å². The lowest BCUT2D eigenvalue weighted by Gasteiger charge is -2.40. The number of rotatable bonds is 22. The van der Waals surface area contributed by atoms with Gasteiger partial charge in [-0.1, -0.05) is 64.0 Å². The van der Waals surface area contributed by atoms with Crippen LogP contribution in [0.15, 0.2) is 48.5 Å². The fraction of sp³-hybridized carbons (Fsp3) is 0.639. The number of carbonyl (C=O) groups excluding carboxylic acids is 1. The molecule has 48 heavy (non-hydrogen) atoms. The number of nitrogens with one attached hydrogen (secondary N) is 1. The van der Waals surface area contributed by atoms with E-state index in [0.29, 0.717) is 30.8 Å². The average Bonchev–Trinajstić information content (AvgIpc) is 3.08. The molecule has 0 bridgehead atoms. The van der Waals surface area contributed by atoms with Crippen molar-refractivity contribution in [2.45, 2.75) is 133 Å². The lowest BCUT2D eigenvalue weighted by atomic mass is 9.99. The maximum Gasteiger partial charge on any atom is 0.220 e. The summed E-state index contributed by atoms with van der Waals surface area (Å²) in [7, 11) is 0. The molecular weight excluding hydrogens is 625 g/mol. The predicted molar refractivity (Wildman–Crippen MR) is 177 cm³/mol. The fourth-order valence-corrected chi connectivity index (χ4v) is 5.68. The summed E-state index contributed by atoms with van der Waals surface area (Å²) in [6.07, 6.45) is 0.443. The van der Waals surface area contributed by atoms with Crippen LogP contribution < -0.4 is 10.1 Å². The largest absolute Gasteiger partial charge is 0.457 e. The van der Waals surface area contributed by atoms with Gasteiger partial charge in [0.1, 0.15) is 47.8 Å². The number of aliphatic hydroxyl groups excluding tert-OH is 6. The molecule has 270 valence electrons. The molecule has 0 radical (unpaired) electrons. The van der Waals surface area contributed by atoms with E-state index < -0.39 is 55.6 Å². The van der Waals surface area contributed by atoms with E-state index in [0.717, 1.165) is 51.4 Å². The minimum atomic E-state index is -1.62. The molecule has 1 heterocycles. The molecular formula is C36H54FNO10.